The first-order valence-corrected chi connectivity index (χ1v) is 16.3. The van der Waals surface area contributed by atoms with Crippen molar-refractivity contribution in [1.82, 2.24) is 24.9 Å². The highest BCUT2D eigenvalue weighted by atomic mass is 35.5. The Labute approximate surface area is 286 Å². The van der Waals surface area contributed by atoms with Gasteiger partial charge in [0.05, 0.1) is 10.5 Å². The van der Waals surface area contributed by atoms with Gasteiger partial charge in [-0.25, -0.2) is 27.9 Å². The molecule has 0 amide bonds. The summed E-state index contributed by atoms with van der Waals surface area (Å²) in [6.45, 7) is 0. The summed E-state index contributed by atoms with van der Waals surface area (Å²) in [6.07, 6.45) is 2.82. The molecule has 5 aromatic rings. The minimum Gasteiger partial charge on any atom is -0.508 e. The highest BCUT2D eigenvalue weighted by Crippen LogP contribution is 2.42. The number of rotatable bonds is 9. The average Bonchev–Trinajstić information content (AvgIpc) is 3.07. The van der Waals surface area contributed by atoms with Crippen LogP contribution in [-0.4, -0.2) is 49.5 Å². The molecule has 0 fully saturated rings. The van der Waals surface area contributed by atoms with E-state index in [1.807, 2.05) is 0 Å². The molecule has 7 rings (SSSR count). The lowest BCUT2D eigenvalue weighted by Gasteiger charge is -2.17. The molecule has 0 atom stereocenters. The average molecular weight is 709 g/mol. The molecule has 0 radical (unpaired) electrons. The van der Waals surface area contributed by atoms with Crippen LogP contribution in [0.5, 0.6) is 5.75 Å². The number of aromatic carboxylic acids is 1. The van der Waals surface area contributed by atoms with Gasteiger partial charge in [0, 0.05) is 52.4 Å². The SMILES string of the molecule is O=C(O)c1cc(Nc2nc(Cl)nc(Nc3ccc(S(=O)(=O)Nc4ncccn4)cc3)n2)ccc1-c1c2ccc(=O)cc-2oc2cc(O)ccc12. The number of hydrogen-bond acceptors (Lipinski definition) is 13. The number of sulfonamides is 1. The second kappa shape index (κ2) is 12.8. The summed E-state index contributed by atoms with van der Waals surface area (Å²) in [7, 11) is -3.95. The van der Waals surface area contributed by atoms with E-state index in [1.54, 1.807) is 30.3 Å². The first-order chi connectivity index (χ1) is 24.0. The minimum atomic E-state index is -3.95. The van der Waals surface area contributed by atoms with Gasteiger partial charge in [-0.1, -0.05) is 6.07 Å². The van der Waals surface area contributed by atoms with Crippen molar-refractivity contribution in [2.45, 2.75) is 4.90 Å². The number of carboxylic acid groups (broad SMARTS) is 1. The number of nitrogens with one attached hydrogen (secondary N) is 3. The fraction of sp³-hybridized carbons (Fsp3) is 0. The van der Waals surface area contributed by atoms with Gasteiger partial charge < -0.3 is 25.3 Å². The molecule has 17 heteroatoms. The predicted octanol–water partition coefficient (Wildman–Crippen LogP) is 5.89. The Kier molecular flexibility index (Phi) is 8.14. The predicted molar refractivity (Wildman–Crippen MR) is 184 cm³/mol. The van der Waals surface area contributed by atoms with Crippen molar-refractivity contribution in [1.29, 1.82) is 0 Å². The zero-order valence-corrected chi connectivity index (χ0v) is 26.8. The van der Waals surface area contributed by atoms with E-state index >= 15 is 0 Å². The Bertz CT molecular complexity index is 2570. The molecular weight excluding hydrogens is 688 g/mol. The molecule has 3 aromatic carbocycles. The summed E-state index contributed by atoms with van der Waals surface area (Å²) in [4.78, 5) is 44.9. The van der Waals surface area contributed by atoms with E-state index in [0.717, 1.165) is 0 Å². The number of phenolic OH excluding ortho intramolecular Hbond substituents is 1. The third-order valence-corrected chi connectivity index (χ3v) is 8.79. The molecule has 3 heterocycles. The van der Waals surface area contributed by atoms with Crippen LogP contribution in [0.15, 0.2) is 111 Å². The monoisotopic (exact) mass is 708 g/mol. The zero-order chi connectivity index (χ0) is 35.0. The van der Waals surface area contributed by atoms with Crippen LogP contribution in [0.25, 0.3) is 33.4 Å². The summed E-state index contributed by atoms with van der Waals surface area (Å²) in [5, 5.41) is 26.6. The van der Waals surface area contributed by atoms with E-state index in [0.29, 0.717) is 33.5 Å². The topological polar surface area (TPSA) is 222 Å². The Hall–Kier alpha value is -6.65. The van der Waals surface area contributed by atoms with E-state index in [2.05, 4.69) is 40.3 Å². The van der Waals surface area contributed by atoms with Gasteiger partial charge in [-0.3, -0.25) is 4.79 Å². The second-order valence-corrected chi connectivity index (χ2v) is 12.6. The molecule has 0 saturated heterocycles. The third-order valence-electron chi connectivity index (χ3n) is 7.27. The van der Waals surface area contributed by atoms with Crippen molar-refractivity contribution >= 4 is 67.8 Å². The summed E-state index contributed by atoms with van der Waals surface area (Å²) in [6, 6.07) is 20.5. The lowest BCUT2D eigenvalue weighted by atomic mass is 9.90. The van der Waals surface area contributed by atoms with Crippen molar-refractivity contribution in [2.75, 3.05) is 15.4 Å². The van der Waals surface area contributed by atoms with Gasteiger partial charge in [0.15, 0.2) is 5.43 Å². The molecule has 0 unspecified atom stereocenters. The van der Waals surface area contributed by atoms with Crippen molar-refractivity contribution in [3.05, 3.63) is 118 Å². The van der Waals surface area contributed by atoms with E-state index in [-0.39, 0.29) is 56.1 Å². The quantitative estimate of drug-likeness (QED) is 0.110. The summed E-state index contributed by atoms with van der Waals surface area (Å²) in [5.74, 6) is -1.16. The molecule has 2 aromatic heterocycles. The Balaban J connectivity index is 1.17. The number of aromatic hydroxyl groups is 1. The van der Waals surface area contributed by atoms with Crippen molar-refractivity contribution in [2.24, 2.45) is 0 Å². The molecule has 0 spiro atoms. The lowest BCUT2D eigenvalue weighted by Crippen LogP contribution is -2.14. The smallest absolute Gasteiger partial charge is 0.336 e. The minimum absolute atomic E-state index is 0.0148. The zero-order valence-electron chi connectivity index (χ0n) is 25.2. The number of carbonyl (C=O) groups is 1. The molecule has 5 N–H and O–H groups in total. The molecule has 50 heavy (non-hydrogen) atoms. The van der Waals surface area contributed by atoms with Crippen LogP contribution in [0.3, 0.4) is 0 Å². The molecule has 1 aliphatic heterocycles. The number of benzene rings is 4. The van der Waals surface area contributed by atoms with E-state index < -0.39 is 16.0 Å². The summed E-state index contributed by atoms with van der Waals surface area (Å²) < 4.78 is 33.6. The number of aromatic nitrogens is 5. The summed E-state index contributed by atoms with van der Waals surface area (Å²) >= 11 is 6.18. The highest BCUT2D eigenvalue weighted by Gasteiger charge is 2.23. The number of carboxylic acids is 1. The van der Waals surface area contributed by atoms with Gasteiger partial charge in [0.2, 0.25) is 23.1 Å². The normalized spacial score (nSPS) is 11.4. The number of fused-ring (bicyclic) bond motifs is 2. The number of hydrogen-bond donors (Lipinski definition) is 5. The Morgan fingerprint density at radius 3 is 2.18 bits per heavy atom. The van der Waals surface area contributed by atoms with Crippen molar-refractivity contribution < 1.29 is 27.8 Å². The van der Waals surface area contributed by atoms with Crippen LogP contribution in [0, 0.1) is 0 Å². The molecule has 248 valence electrons. The van der Waals surface area contributed by atoms with Gasteiger partial charge in [-0.15, -0.1) is 0 Å². The van der Waals surface area contributed by atoms with Gasteiger partial charge in [-0.05, 0) is 83.9 Å². The molecule has 0 saturated carbocycles. The summed E-state index contributed by atoms with van der Waals surface area (Å²) in [5.41, 5.74) is 1.91. The molecule has 2 aliphatic rings. The van der Waals surface area contributed by atoms with Crippen LogP contribution in [0.4, 0.5) is 29.2 Å². The number of phenols is 1. The second-order valence-electron chi connectivity index (χ2n) is 10.6. The van der Waals surface area contributed by atoms with Gasteiger partial charge in [0.1, 0.15) is 17.1 Å². The lowest BCUT2D eigenvalue weighted by molar-refractivity contribution is 0.0697. The van der Waals surface area contributed by atoms with Crippen LogP contribution in [0.1, 0.15) is 10.4 Å². The Morgan fingerprint density at radius 1 is 0.780 bits per heavy atom. The first-order valence-electron chi connectivity index (χ1n) is 14.5. The fourth-order valence-corrected chi connectivity index (χ4v) is 6.25. The van der Waals surface area contributed by atoms with Crippen molar-refractivity contribution in [3.8, 4) is 28.2 Å². The standard InChI is InChI=1S/C33H21ClN8O7S/c34-30-39-32(37-17-2-7-21(8-3-17)50(47,48)42-31-35-12-1-13-36-31)41-33(40-30)38-18-4-9-22(25(14-18)29(45)46)28-23-10-5-19(43)15-26(23)49-27-16-20(44)6-11-24(27)28/h1-16,43H,(H,45,46)(H,35,36,42)(H2,37,38,39,40,41). The fourth-order valence-electron chi connectivity index (χ4n) is 5.13. The molecule has 15 nitrogen and oxygen atoms in total. The van der Waals surface area contributed by atoms with Crippen LogP contribution < -0.4 is 20.8 Å². The largest absolute Gasteiger partial charge is 0.508 e. The van der Waals surface area contributed by atoms with Gasteiger partial charge in [0.25, 0.3) is 10.0 Å². The van der Waals surface area contributed by atoms with E-state index in [9.17, 15) is 28.2 Å². The number of anilines is 5. The highest BCUT2D eigenvalue weighted by molar-refractivity contribution is 7.92. The van der Waals surface area contributed by atoms with Gasteiger partial charge in [-0.2, -0.15) is 15.0 Å². The van der Waals surface area contributed by atoms with Crippen molar-refractivity contribution in [3.63, 3.8) is 0 Å². The maximum atomic E-state index is 12.7. The number of nitrogens with zero attached hydrogens (tertiary/aromatic N) is 5. The maximum Gasteiger partial charge on any atom is 0.336 e. The molecule has 1 aliphatic carbocycles. The van der Waals surface area contributed by atoms with Gasteiger partial charge >= 0.3 is 5.97 Å². The molecule has 0 bridgehead atoms. The Morgan fingerprint density at radius 2 is 1.46 bits per heavy atom. The maximum absolute atomic E-state index is 12.7. The first kappa shape index (κ1) is 31.9. The molecular formula is C33H21ClN8O7S. The van der Waals surface area contributed by atoms with Crippen LogP contribution in [0.2, 0.25) is 5.28 Å². The van der Waals surface area contributed by atoms with E-state index in [4.69, 9.17) is 16.0 Å². The third kappa shape index (κ3) is 6.55. The van der Waals surface area contributed by atoms with Crippen LogP contribution >= 0.6 is 11.6 Å². The van der Waals surface area contributed by atoms with Crippen LogP contribution in [-0.2, 0) is 10.0 Å². The van der Waals surface area contributed by atoms with E-state index in [1.165, 1.54) is 67.0 Å². The number of halogens is 1.